The smallest absolute Gasteiger partial charge is 0.181 e. The van der Waals surface area contributed by atoms with Crippen LogP contribution in [0.25, 0.3) is 16.7 Å². The molecule has 0 aliphatic carbocycles. The van der Waals surface area contributed by atoms with Crippen molar-refractivity contribution in [1.29, 1.82) is 0 Å². The molecule has 1 aliphatic heterocycles. The summed E-state index contributed by atoms with van der Waals surface area (Å²) in [5.74, 6) is -0.385. The summed E-state index contributed by atoms with van der Waals surface area (Å²) in [6.07, 6.45) is 8.10. The molecular formula is C20H18F2N4. The van der Waals surface area contributed by atoms with Gasteiger partial charge in [0.15, 0.2) is 5.65 Å². The van der Waals surface area contributed by atoms with Crippen molar-refractivity contribution in [3.63, 3.8) is 0 Å². The molecule has 0 amide bonds. The molecule has 6 heteroatoms. The molecule has 26 heavy (non-hydrogen) atoms. The second-order valence-corrected chi connectivity index (χ2v) is 6.61. The minimum absolute atomic E-state index is 0.301. The van der Waals surface area contributed by atoms with Crippen molar-refractivity contribution in [2.24, 2.45) is 0 Å². The van der Waals surface area contributed by atoms with Crippen molar-refractivity contribution in [2.45, 2.75) is 19.8 Å². The monoisotopic (exact) mass is 352 g/mol. The van der Waals surface area contributed by atoms with Gasteiger partial charge in [0.1, 0.15) is 17.3 Å². The Kier molecular flexibility index (Phi) is 4.03. The summed E-state index contributed by atoms with van der Waals surface area (Å²) < 4.78 is 29.4. The van der Waals surface area contributed by atoms with E-state index in [1.54, 1.807) is 35.5 Å². The summed E-state index contributed by atoms with van der Waals surface area (Å²) in [4.78, 5) is 6.09. The van der Waals surface area contributed by atoms with Gasteiger partial charge in [-0.1, -0.05) is 19.9 Å². The third-order valence-electron chi connectivity index (χ3n) is 4.41. The van der Waals surface area contributed by atoms with E-state index in [1.807, 2.05) is 6.07 Å². The predicted molar refractivity (Wildman–Crippen MR) is 98.6 cm³/mol. The van der Waals surface area contributed by atoms with Crippen LogP contribution in [0.2, 0.25) is 0 Å². The molecule has 0 radical (unpaired) electrons. The number of aromatic nitrogens is 3. The first kappa shape index (κ1) is 16.4. The topological polar surface area (TPSA) is 34.0 Å². The number of anilines is 1. The molecule has 0 saturated carbocycles. The van der Waals surface area contributed by atoms with Crippen LogP contribution >= 0.6 is 0 Å². The van der Waals surface area contributed by atoms with E-state index in [9.17, 15) is 8.78 Å². The average Bonchev–Trinajstić information content (AvgIpc) is 3.05. The van der Waals surface area contributed by atoms with Crippen LogP contribution < -0.4 is 4.90 Å². The van der Waals surface area contributed by atoms with Gasteiger partial charge in [0.25, 0.3) is 0 Å². The molecular weight excluding hydrogens is 334 g/mol. The van der Waals surface area contributed by atoms with Crippen LogP contribution in [0.3, 0.4) is 0 Å². The molecule has 1 aromatic carbocycles. The fourth-order valence-electron chi connectivity index (χ4n) is 2.93. The Hall–Kier alpha value is -3.02. The summed E-state index contributed by atoms with van der Waals surface area (Å²) in [6.45, 7) is 4.71. The van der Waals surface area contributed by atoms with Gasteiger partial charge in [0.2, 0.25) is 0 Å². The number of hydrogen-bond acceptors (Lipinski definition) is 3. The lowest BCUT2D eigenvalue weighted by molar-refractivity contribution is 0.611. The van der Waals surface area contributed by atoms with E-state index in [4.69, 9.17) is 0 Å². The first-order valence-electron chi connectivity index (χ1n) is 8.47. The number of halogens is 2. The van der Waals surface area contributed by atoms with Gasteiger partial charge < -0.3 is 4.90 Å². The highest BCUT2D eigenvalue weighted by molar-refractivity contribution is 5.75. The average molecular weight is 352 g/mol. The summed E-state index contributed by atoms with van der Waals surface area (Å²) in [6, 6.07) is 6.67. The van der Waals surface area contributed by atoms with Crippen molar-refractivity contribution >= 4 is 16.7 Å². The van der Waals surface area contributed by atoms with Crippen molar-refractivity contribution in [1.82, 2.24) is 14.8 Å². The number of rotatable bonds is 3. The molecule has 2 aromatic heterocycles. The summed E-state index contributed by atoms with van der Waals surface area (Å²) in [7, 11) is 0. The number of fused-ring (bicyclic) bond motifs is 1. The Morgan fingerprint density at radius 1 is 1.15 bits per heavy atom. The number of allylic oxidation sites excluding steroid dienone is 2. The zero-order valence-corrected chi connectivity index (χ0v) is 14.5. The van der Waals surface area contributed by atoms with Crippen molar-refractivity contribution < 1.29 is 8.78 Å². The lowest BCUT2D eigenvalue weighted by Crippen LogP contribution is -2.19. The predicted octanol–water partition coefficient (Wildman–Crippen LogP) is 4.87. The van der Waals surface area contributed by atoms with Gasteiger partial charge in [-0.05, 0) is 41.8 Å². The second kappa shape index (κ2) is 6.37. The molecule has 0 unspecified atom stereocenters. The molecule has 0 fully saturated rings. The van der Waals surface area contributed by atoms with Crippen LogP contribution in [0.15, 0.2) is 60.8 Å². The Bertz CT molecular complexity index is 1030. The van der Waals surface area contributed by atoms with Crippen molar-refractivity contribution in [3.8, 4) is 5.69 Å². The number of nitrogens with zero attached hydrogens (tertiary/aromatic N) is 4. The van der Waals surface area contributed by atoms with Gasteiger partial charge in [-0.3, -0.25) is 0 Å². The molecule has 0 spiro atoms. The van der Waals surface area contributed by atoms with Crippen LogP contribution in [0.4, 0.5) is 14.5 Å². The van der Waals surface area contributed by atoms with Crippen LogP contribution in [-0.4, -0.2) is 21.3 Å². The quantitative estimate of drug-likeness (QED) is 0.674. The highest BCUT2D eigenvalue weighted by Gasteiger charge is 2.14. The Labute approximate surface area is 150 Å². The van der Waals surface area contributed by atoms with Gasteiger partial charge in [-0.25, -0.2) is 18.4 Å². The molecule has 3 heterocycles. The third kappa shape index (κ3) is 2.98. The second-order valence-electron chi connectivity index (χ2n) is 6.61. The minimum atomic E-state index is -0.400. The molecule has 132 valence electrons. The Morgan fingerprint density at radius 2 is 2.00 bits per heavy atom. The van der Waals surface area contributed by atoms with E-state index in [1.165, 1.54) is 23.0 Å². The van der Waals surface area contributed by atoms with Gasteiger partial charge in [-0.15, -0.1) is 5.10 Å². The van der Waals surface area contributed by atoms with Crippen molar-refractivity contribution in [3.05, 3.63) is 72.2 Å². The standard InChI is InChI=1S/C20H18F2N4/c1-13(2)14-8-15-11-26(24-20(15)23-10-14)19-9-17(5-6-18(19)22)25-7-3-4-16(21)12-25/h3-6,8-13H,7H2,1-2H3. The maximum atomic E-state index is 14.4. The first-order chi connectivity index (χ1) is 12.5. The van der Waals surface area contributed by atoms with Gasteiger partial charge in [0.05, 0.1) is 0 Å². The summed E-state index contributed by atoms with van der Waals surface area (Å²) >= 11 is 0. The van der Waals surface area contributed by atoms with Gasteiger partial charge in [-0.2, -0.15) is 0 Å². The third-order valence-corrected chi connectivity index (χ3v) is 4.41. The van der Waals surface area contributed by atoms with Crippen LogP contribution in [0.5, 0.6) is 0 Å². The SMILES string of the molecule is CC(C)c1cnc2nn(-c3cc(N4C=C(F)C=CC4)ccc3F)cc2c1. The molecule has 0 atom stereocenters. The molecule has 4 rings (SSSR count). The zero-order chi connectivity index (χ0) is 18.3. The first-order valence-corrected chi connectivity index (χ1v) is 8.47. The van der Waals surface area contributed by atoms with E-state index >= 15 is 0 Å². The normalized spacial score (nSPS) is 14.3. The largest absolute Gasteiger partial charge is 0.341 e. The van der Waals surface area contributed by atoms with Gasteiger partial charge in [0, 0.05) is 36.2 Å². The number of hydrogen-bond donors (Lipinski definition) is 0. The summed E-state index contributed by atoms with van der Waals surface area (Å²) in [5, 5.41) is 5.24. The Balaban J connectivity index is 1.76. The van der Waals surface area contributed by atoms with Crippen LogP contribution in [0, 0.1) is 5.82 Å². The number of pyridine rings is 1. The molecule has 4 nitrogen and oxygen atoms in total. The maximum absolute atomic E-state index is 14.4. The zero-order valence-electron chi connectivity index (χ0n) is 14.5. The molecule has 1 aliphatic rings. The van der Waals surface area contributed by atoms with E-state index in [-0.39, 0.29) is 5.83 Å². The molecule has 3 aromatic rings. The lowest BCUT2D eigenvalue weighted by Gasteiger charge is -2.22. The lowest BCUT2D eigenvalue weighted by atomic mass is 10.1. The highest BCUT2D eigenvalue weighted by atomic mass is 19.1. The van der Waals surface area contributed by atoms with E-state index < -0.39 is 5.82 Å². The van der Waals surface area contributed by atoms with Gasteiger partial charge >= 0.3 is 0 Å². The van der Waals surface area contributed by atoms with E-state index in [2.05, 4.69) is 23.9 Å². The Morgan fingerprint density at radius 3 is 2.77 bits per heavy atom. The van der Waals surface area contributed by atoms with E-state index in [0.29, 0.717) is 29.5 Å². The summed E-state index contributed by atoms with van der Waals surface area (Å²) in [5.41, 5.74) is 2.66. The number of benzene rings is 1. The fourth-order valence-corrected chi connectivity index (χ4v) is 2.93. The van der Waals surface area contributed by atoms with Crippen LogP contribution in [-0.2, 0) is 0 Å². The minimum Gasteiger partial charge on any atom is -0.341 e. The van der Waals surface area contributed by atoms with Crippen LogP contribution in [0.1, 0.15) is 25.3 Å². The molecule has 0 N–H and O–H groups in total. The fraction of sp³-hybridized carbons (Fsp3) is 0.200. The van der Waals surface area contributed by atoms with Crippen molar-refractivity contribution in [2.75, 3.05) is 11.4 Å². The molecule has 0 bridgehead atoms. The maximum Gasteiger partial charge on any atom is 0.181 e. The molecule has 0 saturated heterocycles. The van der Waals surface area contributed by atoms with E-state index in [0.717, 1.165) is 10.9 Å². The highest BCUT2D eigenvalue weighted by Crippen LogP contribution is 2.26.